The fourth-order valence-electron chi connectivity index (χ4n) is 2.01. The number of likely N-dealkylation sites (tertiary alicyclic amines) is 2. The molecule has 2 saturated heterocycles. The molecule has 2 fully saturated rings. The van der Waals surface area contributed by atoms with Crippen LogP contribution in [0.25, 0.3) is 0 Å². The number of rotatable bonds is 2. The Kier molecular flexibility index (Phi) is 2.05. The number of nitrogens with zero attached hydrogens (tertiary/aromatic N) is 2. The SMILES string of the molecule is CCN1C[C@@H](N2CCC2)CC1=O. The van der Waals surface area contributed by atoms with E-state index in [-0.39, 0.29) is 0 Å². The minimum Gasteiger partial charge on any atom is -0.341 e. The molecule has 2 heterocycles. The molecular formula is C9H16N2O. The van der Waals surface area contributed by atoms with Gasteiger partial charge in [0.25, 0.3) is 0 Å². The number of carbonyl (C=O) groups excluding carboxylic acids is 1. The van der Waals surface area contributed by atoms with Gasteiger partial charge in [-0.15, -0.1) is 0 Å². The Morgan fingerprint density at radius 2 is 2.25 bits per heavy atom. The first-order chi connectivity index (χ1) is 5.81. The molecule has 0 unspecified atom stereocenters. The summed E-state index contributed by atoms with van der Waals surface area (Å²) in [5.74, 6) is 0.342. The van der Waals surface area contributed by atoms with Crippen LogP contribution in [-0.4, -0.2) is 47.9 Å². The maximum Gasteiger partial charge on any atom is 0.224 e. The lowest BCUT2D eigenvalue weighted by molar-refractivity contribution is -0.127. The van der Waals surface area contributed by atoms with Gasteiger partial charge < -0.3 is 4.90 Å². The zero-order valence-electron chi connectivity index (χ0n) is 7.62. The third kappa shape index (κ3) is 1.22. The average Bonchev–Trinajstić information content (AvgIpc) is 2.27. The molecule has 3 nitrogen and oxygen atoms in total. The Labute approximate surface area is 73.3 Å². The van der Waals surface area contributed by atoms with E-state index in [2.05, 4.69) is 11.8 Å². The van der Waals surface area contributed by atoms with Crippen LogP contribution in [0.15, 0.2) is 0 Å². The van der Waals surface area contributed by atoms with E-state index in [1.165, 1.54) is 19.5 Å². The summed E-state index contributed by atoms with van der Waals surface area (Å²) in [5, 5.41) is 0. The molecule has 12 heavy (non-hydrogen) atoms. The topological polar surface area (TPSA) is 23.6 Å². The molecule has 68 valence electrons. The molecule has 0 aromatic heterocycles. The van der Waals surface area contributed by atoms with Crippen LogP contribution in [0.5, 0.6) is 0 Å². The van der Waals surface area contributed by atoms with E-state index < -0.39 is 0 Å². The molecule has 0 spiro atoms. The number of carbonyl (C=O) groups is 1. The van der Waals surface area contributed by atoms with Gasteiger partial charge in [0.2, 0.25) is 5.91 Å². The summed E-state index contributed by atoms with van der Waals surface area (Å²) in [6.07, 6.45) is 2.07. The fourth-order valence-corrected chi connectivity index (χ4v) is 2.01. The predicted octanol–water partition coefficient (Wildman–Crippen LogP) is 0.313. The van der Waals surface area contributed by atoms with Crippen LogP contribution in [0.1, 0.15) is 19.8 Å². The van der Waals surface area contributed by atoms with Crippen LogP contribution < -0.4 is 0 Å². The zero-order chi connectivity index (χ0) is 8.55. The van der Waals surface area contributed by atoms with E-state index in [0.29, 0.717) is 11.9 Å². The highest BCUT2D eigenvalue weighted by Gasteiger charge is 2.34. The Balaban J connectivity index is 1.91. The third-order valence-corrected chi connectivity index (χ3v) is 2.98. The molecular weight excluding hydrogens is 152 g/mol. The van der Waals surface area contributed by atoms with Gasteiger partial charge >= 0.3 is 0 Å². The number of likely N-dealkylation sites (N-methyl/N-ethyl adjacent to an activating group) is 1. The van der Waals surface area contributed by atoms with Gasteiger partial charge in [0.15, 0.2) is 0 Å². The summed E-state index contributed by atoms with van der Waals surface area (Å²) in [7, 11) is 0. The van der Waals surface area contributed by atoms with Crippen molar-refractivity contribution in [3.05, 3.63) is 0 Å². The Morgan fingerprint density at radius 1 is 1.50 bits per heavy atom. The highest BCUT2D eigenvalue weighted by Crippen LogP contribution is 2.20. The van der Waals surface area contributed by atoms with E-state index in [4.69, 9.17) is 0 Å². The molecule has 1 atom stereocenters. The van der Waals surface area contributed by atoms with Gasteiger partial charge in [-0.1, -0.05) is 0 Å². The quantitative estimate of drug-likeness (QED) is 0.592. The lowest BCUT2D eigenvalue weighted by Gasteiger charge is -2.35. The minimum atomic E-state index is 0.342. The molecule has 2 aliphatic heterocycles. The first-order valence-corrected chi connectivity index (χ1v) is 4.83. The van der Waals surface area contributed by atoms with Crippen LogP contribution in [0, 0.1) is 0 Å². The van der Waals surface area contributed by atoms with Gasteiger partial charge in [0.1, 0.15) is 0 Å². The van der Waals surface area contributed by atoms with E-state index in [0.717, 1.165) is 19.5 Å². The van der Waals surface area contributed by atoms with E-state index >= 15 is 0 Å². The normalized spacial score (nSPS) is 30.9. The maximum absolute atomic E-state index is 11.4. The molecule has 2 aliphatic rings. The molecule has 1 amide bonds. The van der Waals surface area contributed by atoms with Gasteiger partial charge in [-0.3, -0.25) is 9.69 Å². The highest BCUT2D eigenvalue weighted by molar-refractivity contribution is 5.79. The van der Waals surface area contributed by atoms with Crippen molar-refractivity contribution in [1.82, 2.24) is 9.80 Å². The Morgan fingerprint density at radius 3 is 2.67 bits per heavy atom. The van der Waals surface area contributed by atoms with Crippen molar-refractivity contribution in [3.63, 3.8) is 0 Å². The summed E-state index contributed by atoms with van der Waals surface area (Å²) >= 11 is 0. The number of hydrogen-bond acceptors (Lipinski definition) is 2. The van der Waals surface area contributed by atoms with Crippen molar-refractivity contribution < 1.29 is 4.79 Å². The van der Waals surface area contributed by atoms with Crippen LogP contribution in [0.4, 0.5) is 0 Å². The average molecular weight is 168 g/mol. The Bertz CT molecular complexity index is 189. The summed E-state index contributed by atoms with van der Waals surface area (Å²) in [6.45, 7) is 6.31. The molecule has 0 aliphatic carbocycles. The third-order valence-electron chi connectivity index (χ3n) is 2.98. The summed E-state index contributed by atoms with van der Waals surface area (Å²) < 4.78 is 0. The fraction of sp³-hybridized carbons (Fsp3) is 0.889. The van der Waals surface area contributed by atoms with Crippen molar-refractivity contribution in [2.24, 2.45) is 0 Å². The second-order valence-corrected chi connectivity index (χ2v) is 3.68. The van der Waals surface area contributed by atoms with Gasteiger partial charge in [0, 0.05) is 25.6 Å². The molecule has 0 aromatic carbocycles. The molecule has 0 radical (unpaired) electrons. The van der Waals surface area contributed by atoms with E-state index in [9.17, 15) is 4.79 Å². The Hall–Kier alpha value is -0.570. The molecule has 0 N–H and O–H groups in total. The van der Waals surface area contributed by atoms with Crippen molar-refractivity contribution in [2.75, 3.05) is 26.2 Å². The van der Waals surface area contributed by atoms with Crippen molar-refractivity contribution in [2.45, 2.75) is 25.8 Å². The van der Waals surface area contributed by atoms with Crippen molar-refractivity contribution >= 4 is 5.91 Å². The van der Waals surface area contributed by atoms with Crippen LogP contribution >= 0.6 is 0 Å². The second kappa shape index (κ2) is 3.05. The van der Waals surface area contributed by atoms with Gasteiger partial charge in [-0.2, -0.15) is 0 Å². The predicted molar refractivity (Wildman–Crippen MR) is 46.8 cm³/mol. The van der Waals surface area contributed by atoms with Crippen LogP contribution in [-0.2, 0) is 4.79 Å². The molecule has 0 bridgehead atoms. The van der Waals surface area contributed by atoms with Crippen LogP contribution in [0.2, 0.25) is 0 Å². The van der Waals surface area contributed by atoms with Crippen molar-refractivity contribution in [3.8, 4) is 0 Å². The lowest BCUT2D eigenvalue weighted by atomic mass is 10.1. The maximum atomic E-state index is 11.4. The second-order valence-electron chi connectivity index (χ2n) is 3.68. The smallest absolute Gasteiger partial charge is 0.224 e. The summed E-state index contributed by atoms with van der Waals surface area (Å²) in [5.41, 5.74) is 0. The summed E-state index contributed by atoms with van der Waals surface area (Å²) in [6, 6.07) is 0.534. The largest absolute Gasteiger partial charge is 0.341 e. The first kappa shape index (κ1) is 8.05. The number of hydrogen-bond donors (Lipinski definition) is 0. The highest BCUT2D eigenvalue weighted by atomic mass is 16.2. The van der Waals surface area contributed by atoms with E-state index in [1.807, 2.05) is 4.90 Å². The molecule has 0 aromatic rings. The van der Waals surface area contributed by atoms with Crippen LogP contribution in [0.3, 0.4) is 0 Å². The van der Waals surface area contributed by atoms with Gasteiger partial charge in [-0.25, -0.2) is 0 Å². The zero-order valence-corrected chi connectivity index (χ0v) is 7.62. The first-order valence-electron chi connectivity index (χ1n) is 4.83. The molecule has 0 saturated carbocycles. The van der Waals surface area contributed by atoms with Gasteiger partial charge in [0.05, 0.1) is 0 Å². The monoisotopic (exact) mass is 168 g/mol. The molecule has 2 rings (SSSR count). The molecule has 3 heteroatoms. The van der Waals surface area contributed by atoms with Crippen molar-refractivity contribution in [1.29, 1.82) is 0 Å². The summed E-state index contributed by atoms with van der Waals surface area (Å²) in [4.78, 5) is 15.7. The lowest BCUT2D eigenvalue weighted by Crippen LogP contribution is -2.46. The minimum absolute atomic E-state index is 0.342. The van der Waals surface area contributed by atoms with E-state index in [1.54, 1.807) is 0 Å². The standard InChI is InChI=1S/C9H16N2O/c1-2-10-7-8(6-9(10)12)11-4-3-5-11/h8H,2-7H2,1H3/t8-/m0/s1. The van der Waals surface area contributed by atoms with Gasteiger partial charge in [-0.05, 0) is 26.4 Å². The number of amides is 1.